The van der Waals surface area contributed by atoms with Gasteiger partial charge in [0.15, 0.2) is 0 Å². The summed E-state index contributed by atoms with van der Waals surface area (Å²) in [4.78, 5) is 4.03. The predicted molar refractivity (Wildman–Crippen MR) is 42.2 cm³/mol. The first-order chi connectivity index (χ1) is 5.36. The van der Waals surface area contributed by atoms with Crippen LogP contribution in [0.5, 0.6) is 5.75 Å². The van der Waals surface area contributed by atoms with E-state index in [1.54, 1.807) is 18.3 Å². The average molecular weight is 144 g/mol. The zero-order valence-corrected chi connectivity index (χ0v) is 5.78. The maximum absolute atomic E-state index is 9.08. The quantitative estimate of drug-likeness (QED) is 0.611. The number of phenolic OH excluding ortho intramolecular Hbond substituents is 1. The lowest BCUT2D eigenvalue weighted by Gasteiger charge is -1.94. The Morgan fingerprint density at radius 3 is 3.18 bits per heavy atom. The van der Waals surface area contributed by atoms with E-state index in [9.17, 15) is 0 Å². The summed E-state index contributed by atoms with van der Waals surface area (Å²) in [5, 5.41) is 10.1. The number of rotatable bonds is 0. The fourth-order valence-electron chi connectivity index (χ4n) is 1.000. The third-order valence-corrected chi connectivity index (χ3v) is 1.53. The molecule has 2 rings (SSSR count). The van der Waals surface area contributed by atoms with E-state index in [1.165, 1.54) is 0 Å². The molecule has 2 heteroatoms. The van der Waals surface area contributed by atoms with Crippen molar-refractivity contribution in [3.8, 4) is 5.75 Å². The summed E-state index contributed by atoms with van der Waals surface area (Å²) < 4.78 is 0. The van der Waals surface area contributed by atoms with Gasteiger partial charge in [-0.2, -0.15) is 0 Å². The third kappa shape index (κ3) is 1.03. The van der Waals surface area contributed by atoms with Crippen molar-refractivity contribution in [3.63, 3.8) is 0 Å². The van der Waals surface area contributed by atoms with Gasteiger partial charge in [0, 0.05) is 23.7 Å². The fourth-order valence-corrected chi connectivity index (χ4v) is 1.000. The number of hydrogen-bond acceptors (Lipinski definition) is 2. The van der Waals surface area contributed by atoms with Crippen LogP contribution in [0.3, 0.4) is 0 Å². The molecule has 2 aromatic rings. The molecule has 2 nitrogen and oxygen atoms in total. The molecule has 0 aliphatic heterocycles. The SMILES string of the molecule is Oc1ccc2c[c]cnc2c1. The molecule has 53 valence electrons. The van der Waals surface area contributed by atoms with Crippen LogP contribution in [0.25, 0.3) is 10.9 Å². The monoisotopic (exact) mass is 144 g/mol. The number of aromatic nitrogens is 1. The Kier molecular flexibility index (Phi) is 1.25. The summed E-state index contributed by atoms with van der Waals surface area (Å²) in [5.74, 6) is 0.246. The van der Waals surface area contributed by atoms with Crippen LogP contribution in [0.1, 0.15) is 0 Å². The second-order valence-corrected chi connectivity index (χ2v) is 2.31. The first-order valence-corrected chi connectivity index (χ1v) is 3.31. The number of nitrogens with zero attached hydrogens (tertiary/aromatic N) is 1. The molecule has 1 aromatic heterocycles. The van der Waals surface area contributed by atoms with Crippen LogP contribution in [0.15, 0.2) is 30.5 Å². The zero-order chi connectivity index (χ0) is 7.68. The third-order valence-electron chi connectivity index (χ3n) is 1.53. The molecule has 0 saturated heterocycles. The summed E-state index contributed by atoms with van der Waals surface area (Å²) in [6.45, 7) is 0. The fraction of sp³-hybridized carbons (Fsp3) is 0. The molecule has 11 heavy (non-hydrogen) atoms. The second-order valence-electron chi connectivity index (χ2n) is 2.31. The molecule has 1 radical (unpaired) electrons. The van der Waals surface area contributed by atoms with E-state index in [2.05, 4.69) is 11.1 Å². The van der Waals surface area contributed by atoms with Crippen molar-refractivity contribution in [2.75, 3.05) is 0 Å². The summed E-state index contributed by atoms with van der Waals surface area (Å²) in [5.41, 5.74) is 0.795. The zero-order valence-electron chi connectivity index (χ0n) is 5.78. The van der Waals surface area contributed by atoms with Gasteiger partial charge in [0.25, 0.3) is 0 Å². The van der Waals surface area contributed by atoms with E-state index in [0.29, 0.717) is 0 Å². The van der Waals surface area contributed by atoms with Gasteiger partial charge in [-0.1, -0.05) is 0 Å². The van der Waals surface area contributed by atoms with Gasteiger partial charge in [0.05, 0.1) is 5.52 Å². The number of benzene rings is 1. The van der Waals surface area contributed by atoms with E-state index in [1.807, 2.05) is 12.1 Å². The topological polar surface area (TPSA) is 33.1 Å². The Morgan fingerprint density at radius 2 is 2.27 bits per heavy atom. The molecule has 0 aliphatic carbocycles. The number of pyridine rings is 1. The molecule has 0 bridgehead atoms. The number of phenols is 1. The molecule has 0 saturated carbocycles. The van der Waals surface area contributed by atoms with Gasteiger partial charge in [-0.05, 0) is 18.2 Å². The van der Waals surface area contributed by atoms with Crippen molar-refractivity contribution in [1.82, 2.24) is 4.98 Å². The Bertz CT molecular complexity index is 384. The minimum absolute atomic E-state index is 0.246. The van der Waals surface area contributed by atoms with Gasteiger partial charge in [0.1, 0.15) is 5.75 Å². The van der Waals surface area contributed by atoms with Crippen molar-refractivity contribution >= 4 is 10.9 Å². The highest BCUT2D eigenvalue weighted by atomic mass is 16.3. The molecule has 0 fully saturated rings. The van der Waals surface area contributed by atoms with Crippen molar-refractivity contribution < 1.29 is 5.11 Å². The maximum atomic E-state index is 9.08. The van der Waals surface area contributed by atoms with Crippen LogP contribution in [0, 0.1) is 6.07 Å². The van der Waals surface area contributed by atoms with Crippen molar-refractivity contribution in [3.05, 3.63) is 36.5 Å². The highest BCUT2D eigenvalue weighted by Crippen LogP contribution is 2.16. The highest BCUT2D eigenvalue weighted by molar-refractivity contribution is 5.79. The standard InChI is InChI=1S/C9H6NO/c11-8-4-3-7-2-1-5-10-9(7)6-8/h2-6,11H. The first-order valence-electron chi connectivity index (χ1n) is 3.31. The molecular formula is C9H6NO. The molecule has 0 unspecified atom stereocenters. The first kappa shape index (κ1) is 6.16. The Balaban J connectivity index is 2.83. The summed E-state index contributed by atoms with van der Waals surface area (Å²) >= 11 is 0. The van der Waals surface area contributed by atoms with Gasteiger partial charge in [-0.3, -0.25) is 4.98 Å². The van der Waals surface area contributed by atoms with E-state index >= 15 is 0 Å². The van der Waals surface area contributed by atoms with E-state index in [-0.39, 0.29) is 5.75 Å². The Morgan fingerprint density at radius 1 is 1.36 bits per heavy atom. The second kappa shape index (κ2) is 2.23. The van der Waals surface area contributed by atoms with Gasteiger partial charge in [-0.15, -0.1) is 0 Å². The summed E-state index contributed by atoms with van der Waals surface area (Å²) in [6.07, 6.45) is 1.59. The largest absolute Gasteiger partial charge is 0.508 e. The lowest BCUT2D eigenvalue weighted by Crippen LogP contribution is -1.75. The summed E-state index contributed by atoms with van der Waals surface area (Å²) in [6, 6.07) is 9.78. The Labute approximate surface area is 64.1 Å². The minimum atomic E-state index is 0.246. The average Bonchev–Trinajstić information content (AvgIpc) is 2.04. The Hall–Kier alpha value is -1.57. The van der Waals surface area contributed by atoms with Crippen LogP contribution >= 0.6 is 0 Å². The number of fused-ring (bicyclic) bond motifs is 1. The normalized spacial score (nSPS) is 10.2. The summed E-state index contributed by atoms with van der Waals surface area (Å²) in [7, 11) is 0. The van der Waals surface area contributed by atoms with Gasteiger partial charge in [0.2, 0.25) is 0 Å². The highest BCUT2D eigenvalue weighted by Gasteiger charge is 1.92. The van der Waals surface area contributed by atoms with Gasteiger partial charge in [-0.25, -0.2) is 0 Å². The van der Waals surface area contributed by atoms with Crippen molar-refractivity contribution in [2.45, 2.75) is 0 Å². The number of hydrogen-bond donors (Lipinski definition) is 1. The van der Waals surface area contributed by atoms with E-state index in [0.717, 1.165) is 10.9 Å². The smallest absolute Gasteiger partial charge is 0.117 e. The molecule has 0 amide bonds. The van der Waals surface area contributed by atoms with Gasteiger partial charge >= 0.3 is 0 Å². The van der Waals surface area contributed by atoms with Crippen molar-refractivity contribution in [2.24, 2.45) is 0 Å². The minimum Gasteiger partial charge on any atom is -0.508 e. The predicted octanol–water partition coefficient (Wildman–Crippen LogP) is 1.74. The van der Waals surface area contributed by atoms with Crippen LogP contribution < -0.4 is 0 Å². The number of aromatic hydroxyl groups is 1. The molecule has 1 N–H and O–H groups in total. The van der Waals surface area contributed by atoms with Crippen LogP contribution in [-0.4, -0.2) is 10.1 Å². The van der Waals surface area contributed by atoms with Crippen LogP contribution in [0.2, 0.25) is 0 Å². The van der Waals surface area contributed by atoms with Crippen molar-refractivity contribution in [1.29, 1.82) is 0 Å². The molecule has 1 heterocycles. The molecule has 0 atom stereocenters. The van der Waals surface area contributed by atoms with E-state index in [4.69, 9.17) is 5.11 Å². The van der Waals surface area contributed by atoms with Crippen LogP contribution in [-0.2, 0) is 0 Å². The lowest BCUT2D eigenvalue weighted by molar-refractivity contribution is 0.476. The molecular weight excluding hydrogens is 138 g/mol. The molecule has 1 aromatic carbocycles. The molecule has 0 aliphatic rings. The molecule has 0 spiro atoms. The van der Waals surface area contributed by atoms with Gasteiger partial charge < -0.3 is 5.11 Å². The maximum Gasteiger partial charge on any atom is 0.117 e. The van der Waals surface area contributed by atoms with Crippen LogP contribution in [0.4, 0.5) is 0 Å². The lowest BCUT2D eigenvalue weighted by atomic mass is 10.2. The van der Waals surface area contributed by atoms with E-state index < -0.39 is 0 Å².